The van der Waals surface area contributed by atoms with Gasteiger partial charge in [-0.1, -0.05) is 12.1 Å². The smallest absolute Gasteiger partial charge is 0.219 e. The van der Waals surface area contributed by atoms with E-state index in [-0.39, 0.29) is 5.91 Å². The van der Waals surface area contributed by atoms with Gasteiger partial charge in [-0.25, -0.2) is 9.97 Å². The van der Waals surface area contributed by atoms with Crippen LogP contribution in [0.4, 0.5) is 11.5 Å². The minimum absolute atomic E-state index is 0.145. The lowest BCUT2D eigenvalue weighted by Gasteiger charge is -2.20. The van der Waals surface area contributed by atoms with E-state index < -0.39 is 0 Å². The minimum atomic E-state index is 0.145. The molecule has 2 heterocycles. The molecule has 0 spiro atoms. The summed E-state index contributed by atoms with van der Waals surface area (Å²) in [4.78, 5) is 26.6. The molecule has 0 bridgehead atoms. The molecule has 0 radical (unpaired) electrons. The molecule has 1 amide bonds. The van der Waals surface area contributed by atoms with E-state index in [2.05, 4.69) is 20.3 Å². The maximum absolute atomic E-state index is 11.7. The van der Waals surface area contributed by atoms with E-state index in [1.165, 1.54) is 0 Å². The van der Waals surface area contributed by atoms with E-state index in [1.807, 2.05) is 41.3 Å². The second kappa shape index (κ2) is 6.47. The summed E-state index contributed by atoms with van der Waals surface area (Å²) in [6.07, 6.45) is 5.53. The number of rotatable bonds is 5. The summed E-state index contributed by atoms with van der Waals surface area (Å²) in [6.45, 7) is 2.31. The van der Waals surface area contributed by atoms with E-state index in [0.29, 0.717) is 18.2 Å². The van der Waals surface area contributed by atoms with Gasteiger partial charge in [0, 0.05) is 37.6 Å². The summed E-state index contributed by atoms with van der Waals surface area (Å²) >= 11 is 0. The van der Waals surface area contributed by atoms with Gasteiger partial charge in [0.05, 0.1) is 0 Å². The van der Waals surface area contributed by atoms with Crippen molar-refractivity contribution in [3.05, 3.63) is 54.4 Å². The molecule has 1 aliphatic carbocycles. The third-order valence-electron chi connectivity index (χ3n) is 4.30. The number of amides is 1. The highest BCUT2D eigenvalue weighted by Crippen LogP contribution is 2.28. The van der Waals surface area contributed by atoms with Gasteiger partial charge in [-0.15, -0.1) is 0 Å². The van der Waals surface area contributed by atoms with Gasteiger partial charge < -0.3 is 10.2 Å². The van der Waals surface area contributed by atoms with Gasteiger partial charge in [-0.2, -0.15) is 0 Å². The number of anilines is 2. The molecule has 25 heavy (non-hydrogen) atoms. The van der Waals surface area contributed by atoms with Gasteiger partial charge in [0.25, 0.3) is 0 Å². The van der Waals surface area contributed by atoms with Crippen molar-refractivity contribution in [3.63, 3.8) is 0 Å². The highest BCUT2D eigenvalue weighted by Gasteiger charge is 2.30. The van der Waals surface area contributed by atoms with Crippen LogP contribution in [-0.2, 0) is 11.3 Å². The Labute approximate surface area is 145 Å². The molecule has 1 aliphatic rings. The number of benzene rings is 1. The molecule has 126 valence electrons. The molecular formula is C19H19N5O. The van der Waals surface area contributed by atoms with Crippen LogP contribution in [-0.4, -0.2) is 31.8 Å². The lowest BCUT2D eigenvalue weighted by molar-refractivity contribution is -0.130. The lowest BCUT2D eigenvalue weighted by atomic mass is 10.2. The molecule has 2 aromatic heterocycles. The molecule has 0 saturated heterocycles. The highest BCUT2D eigenvalue weighted by atomic mass is 16.2. The van der Waals surface area contributed by atoms with E-state index in [1.54, 1.807) is 19.3 Å². The molecule has 0 unspecified atom stereocenters. The van der Waals surface area contributed by atoms with Crippen LogP contribution in [0, 0.1) is 0 Å². The van der Waals surface area contributed by atoms with Crippen LogP contribution in [0.2, 0.25) is 0 Å². The van der Waals surface area contributed by atoms with Crippen molar-refractivity contribution in [2.24, 2.45) is 0 Å². The average molecular weight is 333 g/mol. The molecule has 1 fully saturated rings. The number of fused-ring (bicyclic) bond motifs is 1. The zero-order valence-corrected chi connectivity index (χ0v) is 14.0. The van der Waals surface area contributed by atoms with Crippen LogP contribution in [0.5, 0.6) is 0 Å². The lowest BCUT2D eigenvalue weighted by Crippen LogP contribution is -2.30. The largest absolute Gasteiger partial charge is 0.340 e. The predicted molar refractivity (Wildman–Crippen MR) is 96.3 cm³/mol. The zero-order chi connectivity index (χ0) is 17.2. The van der Waals surface area contributed by atoms with Crippen LogP contribution < -0.4 is 5.32 Å². The van der Waals surface area contributed by atoms with Gasteiger partial charge >= 0.3 is 0 Å². The number of nitrogens with one attached hydrogen (secondary N) is 1. The van der Waals surface area contributed by atoms with E-state index in [0.717, 1.165) is 35.4 Å². The molecular weight excluding hydrogens is 314 g/mol. The minimum Gasteiger partial charge on any atom is -0.340 e. The normalized spacial score (nSPS) is 13.6. The number of carbonyl (C=O) groups is 1. The van der Waals surface area contributed by atoms with Crippen LogP contribution in [0.25, 0.3) is 11.2 Å². The zero-order valence-electron chi connectivity index (χ0n) is 14.0. The van der Waals surface area contributed by atoms with E-state index >= 15 is 0 Å². The van der Waals surface area contributed by atoms with Crippen molar-refractivity contribution in [2.75, 3.05) is 5.32 Å². The molecule has 0 aliphatic heterocycles. The quantitative estimate of drug-likeness (QED) is 0.776. The van der Waals surface area contributed by atoms with Crippen LogP contribution in [0.15, 0.2) is 48.8 Å². The van der Waals surface area contributed by atoms with Gasteiger partial charge in [0.2, 0.25) is 5.91 Å². The summed E-state index contributed by atoms with van der Waals surface area (Å²) in [5.74, 6) is 0.871. The standard InChI is InChI=1S/C19H19N5O/c1-13(25)24(16-6-7-16)12-14-2-4-15(5-3-14)22-18-9-8-17-19(23-18)21-11-10-20-17/h2-5,8-11,16H,6-7,12H2,1H3,(H,21,22,23). The van der Waals surface area contributed by atoms with Crippen molar-refractivity contribution >= 4 is 28.6 Å². The topological polar surface area (TPSA) is 71.0 Å². The molecule has 3 aromatic rings. The van der Waals surface area contributed by atoms with Crippen molar-refractivity contribution in [1.29, 1.82) is 0 Å². The van der Waals surface area contributed by atoms with Crippen molar-refractivity contribution < 1.29 is 4.79 Å². The number of nitrogens with zero attached hydrogens (tertiary/aromatic N) is 4. The van der Waals surface area contributed by atoms with Crippen molar-refractivity contribution in [2.45, 2.75) is 32.4 Å². The fourth-order valence-corrected chi connectivity index (χ4v) is 2.85. The predicted octanol–water partition coefficient (Wildman–Crippen LogP) is 3.28. The first kappa shape index (κ1) is 15.5. The fraction of sp³-hybridized carbons (Fsp3) is 0.263. The molecule has 1 N–H and O–H groups in total. The SMILES string of the molecule is CC(=O)N(Cc1ccc(Nc2ccc3nccnc3n2)cc1)C1CC1. The van der Waals surface area contributed by atoms with Gasteiger partial charge in [0.15, 0.2) is 5.65 Å². The molecule has 1 saturated carbocycles. The van der Waals surface area contributed by atoms with Gasteiger partial charge in [-0.3, -0.25) is 9.78 Å². The third-order valence-corrected chi connectivity index (χ3v) is 4.30. The molecule has 0 atom stereocenters. The molecule has 6 nitrogen and oxygen atoms in total. The van der Waals surface area contributed by atoms with E-state index in [4.69, 9.17) is 0 Å². The van der Waals surface area contributed by atoms with Gasteiger partial charge in [-0.05, 0) is 42.7 Å². The van der Waals surface area contributed by atoms with Crippen LogP contribution in [0.1, 0.15) is 25.3 Å². The Morgan fingerprint density at radius 3 is 2.60 bits per heavy atom. The number of hydrogen-bond acceptors (Lipinski definition) is 5. The summed E-state index contributed by atoms with van der Waals surface area (Å²) in [6, 6.07) is 12.3. The number of pyridine rings is 1. The summed E-state index contributed by atoms with van der Waals surface area (Å²) < 4.78 is 0. The maximum atomic E-state index is 11.7. The van der Waals surface area contributed by atoms with Crippen LogP contribution in [0.3, 0.4) is 0 Å². The van der Waals surface area contributed by atoms with Crippen molar-refractivity contribution in [3.8, 4) is 0 Å². The first-order valence-electron chi connectivity index (χ1n) is 8.40. The third kappa shape index (κ3) is 3.57. The van der Waals surface area contributed by atoms with Crippen LogP contribution >= 0.6 is 0 Å². The Balaban J connectivity index is 1.46. The summed E-state index contributed by atoms with van der Waals surface area (Å²) in [5.41, 5.74) is 3.46. The Hall–Kier alpha value is -3.02. The fourth-order valence-electron chi connectivity index (χ4n) is 2.85. The number of hydrogen-bond donors (Lipinski definition) is 1. The monoisotopic (exact) mass is 333 g/mol. The summed E-state index contributed by atoms with van der Waals surface area (Å²) in [5, 5.41) is 3.28. The first-order valence-corrected chi connectivity index (χ1v) is 8.40. The second-order valence-electron chi connectivity index (χ2n) is 6.30. The molecule has 4 rings (SSSR count). The summed E-state index contributed by atoms with van der Waals surface area (Å²) in [7, 11) is 0. The average Bonchev–Trinajstić information content (AvgIpc) is 3.45. The Morgan fingerprint density at radius 2 is 1.88 bits per heavy atom. The highest BCUT2D eigenvalue weighted by molar-refractivity contribution is 5.74. The molecule has 1 aromatic carbocycles. The number of carbonyl (C=O) groups excluding carboxylic acids is 1. The second-order valence-corrected chi connectivity index (χ2v) is 6.30. The Bertz CT molecular complexity index is 905. The van der Waals surface area contributed by atoms with E-state index in [9.17, 15) is 4.79 Å². The van der Waals surface area contributed by atoms with Gasteiger partial charge in [0.1, 0.15) is 11.3 Å². The number of aromatic nitrogens is 3. The molecule has 6 heteroatoms. The first-order chi connectivity index (χ1) is 12.2. The Morgan fingerprint density at radius 1 is 1.12 bits per heavy atom. The van der Waals surface area contributed by atoms with Crippen molar-refractivity contribution in [1.82, 2.24) is 19.9 Å². The Kier molecular flexibility index (Phi) is 4.01. The maximum Gasteiger partial charge on any atom is 0.219 e.